The Hall–Kier alpha value is -1.37. The summed E-state index contributed by atoms with van der Waals surface area (Å²) in [6.07, 6.45) is 2.29. The number of likely N-dealkylation sites (tertiary alicyclic amines) is 1. The Labute approximate surface area is 140 Å². The summed E-state index contributed by atoms with van der Waals surface area (Å²) in [6, 6.07) is 6.66. The number of rotatable bonds is 5. The molecule has 0 spiro atoms. The van der Waals surface area contributed by atoms with Crippen molar-refractivity contribution in [2.45, 2.75) is 51.3 Å². The molecule has 0 aliphatic carbocycles. The van der Waals surface area contributed by atoms with Crippen LogP contribution in [0, 0.1) is 12.7 Å². The number of aryl methyl sites for hydroxylation is 1. The molecule has 1 saturated heterocycles. The van der Waals surface area contributed by atoms with Crippen LogP contribution in [0.2, 0.25) is 0 Å². The van der Waals surface area contributed by atoms with Gasteiger partial charge in [-0.3, -0.25) is 4.90 Å². The fourth-order valence-electron chi connectivity index (χ4n) is 3.32. The first-order valence-corrected chi connectivity index (χ1v) is 8.85. The van der Waals surface area contributed by atoms with Crippen molar-refractivity contribution in [3.05, 3.63) is 45.7 Å². The number of aliphatic hydroxyl groups excluding tert-OH is 1. The fraction of sp³-hybridized carbons (Fsp3) is 0.529. The molecule has 1 aromatic carbocycles. The maximum Gasteiger partial charge on any atom is 0.134 e. The minimum atomic E-state index is -0.565. The van der Waals surface area contributed by atoms with E-state index >= 15 is 0 Å². The van der Waals surface area contributed by atoms with Crippen molar-refractivity contribution < 1.29 is 9.50 Å². The predicted molar refractivity (Wildman–Crippen MR) is 88.8 cm³/mol. The van der Waals surface area contributed by atoms with Gasteiger partial charge in [0, 0.05) is 6.04 Å². The maximum absolute atomic E-state index is 13.0. The molecule has 3 atom stereocenters. The van der Waals surface area contributed by atoms with Crippen LogP contribution in [0.1, 0.15) is 53.9 Å². The standard InChI is InChI=1S/C17H22FN3OS/c1-11(17-20-19-12(2)23-17)21-9-3-4-15(21)10-16(22)13-5-7-14(18)8-6-13/h5-8,11,15-16,22H,3-4,9-10H2,1-2H3/t11-,15-,16+/m0/s1. The topological polar surface area (TPSA) is 49.2 Å². The average molecular weight is 335 g/mol. The summed E-state index contributed by atoms with van der Waals surface area (Å²) in [5, 5.41) is 20.9. The second-order valence-corrected chi connectivity index (χ2v) is 7.39. The molecule has 2 aromatic rings. The summed E-state index contributed by atoms with van der Waals surface area (Å²) in [5.74, 6) is -0.274. The number of aliphatic hydroxyl groups is 1. The summed E-state index contributed by atoms with van der Waals surface area (Å²) < 4.78 is 13.0. The van der Waals surface area contributed by atoms with Crippen LogP contribution in [-0.4, -0.2) is 32.8 Å². The van der Waals surface area contributed by atoms with Gasteiger partial charge in [0.15, 0.2) is 0 Å². The van der Waals surface area contributed by atoms with Gasteiger partial charge < -0.3 is 5.11 Å². The van der Waals surface area contributed by atoms with E-state index in [1.165, 1.54) is 12.1 Å². The van der Waals surface area contributed by atoms with E-state index in [4.69, 9.17) is 0 Å². The SMILES string of the molecule is Cc1nnc([C@H](C)N2CCC[C@H]2C[C@@H](O)c2ccc(F)cc2)s1. The zero-order valence-corrected chi connectivity index (χ0v) is 14.3. The number of aromatic nitrogens is 2. The van der Waals surface area contributed by atoms with Gasteiger partial charge in [0.2, 0.25) is 0 Å². The van der Waals surface area contributed by atoms with Gasteiger partial charge in [-0.25, -0.2) is 4.39 Å². The molecule has 1 fully saturated rings. The van der Waals surface area contributed by atoms with Gasteiger partial charge in [0.25, 0.3) is 0 Å². The Morgan fingerprint density at radius 1 is 1.35 bits per heavy atom. The lowest BCUT2D eigenvalue weighted by molar-refractivity contribution is 0.103. The molecule has 0 saturated carbocycles. The van der Waals surface area contributed by atoms with Gasteiger partial charge in [-0.2, -0.15) is 0 Å². The van der Waals surface area contributed by atoms with E-state index in [1.54, 1.807) is 23.5 Å². The van der Waals surface area contributed by atoms with Crippen molar-refractivity contribution in [3.63, 3.8) is 0 Å². The van der Waals surface area contributed by atoms with Crippen molar-refractivity contribution >= 4 is 11.3 Å². The van der Waals surface area contributed by atoms with E-state index in [-0.39, 0.29) is 11.9 Å². The normalized spacial score (nSPS) is 21.5. The second kappa shape index (κ2) is 7.03. The first-order valence-electron chi connectivity index (χ1n) is 8.04. The molecule has 2 heterocycles. The molecule has 124 valence electrons. The van der Waals surface area contributed by atoms with Crippen LogP contribution in [0.15, 0.2) is 24.3 Å². The molecular weight excluding hydrogens is 313 g/mol. The number of benzene rings is 1. The van der Waals surface area contributed by atoms with Crippen LogP contribution in [0.4, 0.5) is 4.39 Å². The minimum Gasteiger partial charge on any atom is -0.388 e. The first kappa shape index (κ1) is 16.5. The van der Waals surface area contributed by atoms with E-state index < -0.39 is 6.10 Å². The number of hydrogen-bond acceptors (Lipinski definition) is 5. The Bertz CT molecular complexity index is 646. The molecule has 1 aliphatic rings. The second-order valence-electron chi connectivity index (χ2n) is 6.17. The van der Waals surface area contributed by atoms with Crippen LogP contribution in [0.5, 0.6) is 0 Å². The van der Waals surface area contributed by atoms with Crippen molar-refractivity contribution in [2.75, 3.05) is 6.54 Å². The largest absolute Gasteiger partial charge is 0.388 e. The third-order valence-electron chi connectivity index (χ3n) is 4.57. The highest BCUT2D eigenvalue weighted by Crippen LogP contribution is 2.34. The number of halogens is 1. The van der Waals surface area contributed by atoms with Crippen molar-refractivity contribution in [3.8, 4) is 0 Å². The Balaban J connectivity index is 1.67. The van der Waals surface area contributed by atoms with Gasteiger partial charge in [0.1, 0.15) is 15.8 Å². The minimum absolute atomic E-state index is 0.217. The Morgan fingerprint density at radius 2 is 2.09 bits per heavy atom. The highest BCUT2D eigenvalue weighted by molar-refractivity contribution is 7.11. The Kier molecular flexibility index (Phi) is 5.04. The maximum atomic E-state index is 13.0. The number of nitrogens with zero attached hydrogens (tertiary/aromatic N) is 3. The van der Waals surface area contributed by atoms with E-state index in [2.05, 4.69) is 22.0 Å². The zero-order chi connectivity index (χ0) is 16.4. The zero-order valence-electron chi connectivity index (χ0n) is 13.4. The smallest absolute Gasteiger partial charge is 0.134 e. The van der Waals surface area contributed by atoms with E-state index in [0.29, 0.717) is 12.5 Å². The third-order valence-corrected chi connectivity index (χ3v) is 5.58. The van der Waals surface area contributed by atoms with Gasteiger partial charge in [-0.15, -0.1) is 21.5 Å². The molecule has 3 rings (SSSR count). The van der Waals surface area contributed by atoms with Crippen LogP contribution < -0.4 is 0 Å². The van der Waals surface area contributed by atoms with Crippen LogP contribution >= 0.6 is 11.3 Å². The molecule has 1 aliphatic heterocycles. The first-order chi connectivity index (χ1) is 11.0. The van der Waals surface area contributed by atoms with Crippen LogP contribution in [0.25, 0.3) is 0 Å². The summed E-state index contributed by atoms with van der Waals surface area (Å²) in [4.78, 5) is 2.41. The van der Waals surface area contributed by atoms with Crippen molar-refractivity contribution in [1.29, 1.82) is 0 Å². The Morgan fingerprint density at radius 3 is 2.74 bits per heavy atom. The summed E-state index contributed by atoms with van der Waals surface area (Å²) in [5.41, 5.74) is 0.776. The number of hydrogen-bond donors (Lipinski definition) is 1. The van der Waals surface area contributed by atoms with Gasteiger partial charge in [-0.1, -0.05) is 12.1 Å². The highest BCUT2D eigenvalue weighted by Gasteiger charge is 2.32. The molecule has 0 radical (unpaired) electrons. The monoisotopic (exact) mass is 335 g/mol. The van der Waals surface area contributed by atoms with E-state index in [9.17, 15) is 9.50 Å². The molecule has 0 bridgehead atoms. The van der Waals surface area contributed by atoms with Crippen molar-refractivity contribution in [2.24, 2.45) is 0 Å². The van der Waals surface area contributed by atoms with Gasteiger partial charge in [0.05, 0.1) is 12.1 Å². The molecular formula is C17H22FN3OS. The predicted octanol–water partition coefficient (Wildman–Crippen LogP) is 3.63. The molecule has 6 heteroatoms. The van der Waals surface area contributed by atoms with Crippen LogP contribution in [0.3, 0.4) is 0 Å². The average Bonchev–Trinajstić information content (AvgIpc) is 3.16. The lowest BCUT2D eigenvalue weighted by Gasteiger charge is -2.30. The van der Waals surface area contributed by atoms with Crippen molar-refractivity contribution in [1.82, 2.24) is 15.1 Å². The molecule has 0 unspecified atom stereocenters. The molecule has 1 aromatic heterocycles. The molecule has 4 nitrogen and oxygen atoms in total. The third kappa shape index (κ3) is 3.76. The van der Waals surface area contributed by atoms with E-state index in [0.717, 1.165) is 35.0 Å². The summed E-state index contributed by atoms with van der Waals surface area (Å²) in [7, 11) is 0. The lowest BCUT2D eigenvalue weighted by atomic mass is 10.00. The summed E-state index contributed by atoms with van der Waals surface area (Å²) >= 11 is 1.63. The van der Waals surface area contributed by atoms with E-state index in [1.807, 2.05) is 6.92 Å². The lowest BCUT2D eigenvalue weighted by Crippen LogP contribution is -2.33. The molecule has 1 N–H and O–H groups in total. The quantitative estimate of drug-likeness (QED) is 0.906. The van der Waals surface area contributed by atoms with Crippen LogP contribution in [-0.2, 0) is 0 Å². The van der Waals surface area contributed by atoms with Gasteiger partial charge in [-0.05, 0) is 57.4 Å². The molecule has 23 heavy (non-hydrogen) atoms. The summed E-state index contributed by atoms with van der Waals surface area (Å²) in [6.45, 7) is 5.14. The molecule has 0 amide bonds. The van der Waals surface area contributed by atoms with Gasteiger partial charge >= 0.3 is 0 Å². The highest BCUT2D eigenvalue weighted by atomic mass is 32.1. The fourth-order valence-corrected chi connectivity index (χ4v) is 4.09.